The molecule has 0 saturated carbocycles. The summed E-state index contributed by atoms with van der Waals surface area (Å²) in [6, 6.07) is 3.96. The monoisotopic (exact) mass is 308 g/mol. The number of aryl methyl sites for hydroxylation is 1. The lowest BCUT2D eigenvalue weighted by molar-refractivity contribution is -0.142. The van der Waals surface area contributed by atoms with Gasteiger partial charge < -0.3 is 9.15 Å². The molecule has 5 nitrogen and oxygen atoms in total. The Balaban J connectivity index is 2.11. The van der Waals surface area contributed by atoms with Crippen LogP contribution in [0.1, 0.15) is 24.8 Å². The third-order valence-corrected chi connectivity index (χ3v) is 3.98. The first-order valence-corrected chi connectivity index (χ1v) is 7.81. The highest BCUT2D eigenvalue weighted by Gasteiger charge is 2.17. The Hall–Kier alpha value is -1.66. The van der Waals surface area contributed by atoms with E-state index < -0.39 is 0 Å². The van der Waals surface area contributed by atoms with Gasteiger partial charge in [-0.2, -0.15) is 0 Å². The average molecular weight is 308 g/mol. The van der Waals surface area contributed by atoms with Gasteiger partial charge in [-0.1, -0.05) is 13.0 Å². The third-order valence-electron chi connectivity index (χ3n) is 3.12. The van der Waals surface area contributed by atoms with Crippen LogP contribution < -0.4 is 0 Å². The standard InChI is InChI=1S/C15H20N2O3S/c1-4-7-17(10-14(18)19-3)9-12-11(2)20-15(16-12)13-6-5-8-21-13/h5-6,8H,4,7,9-10H2,1-3H3. The van der Waals surface area contributed by atoms with E-state index in [1.807, 2.05) is 29.3 Å². The van der Waals surface area contributed by atoms with Crippen molar-refractivity contribution in [1.82, 2.24) is 9.88 Å². The van der Waals surface area contributed by atoms with Crippen molar-refractivity contribution in [3.8, 4) is 10.8 Å². The van der Waals surface area contributed by atoms with Gasteiger partial charge in [0.15, 0.2) is 0 Å². The molecule has 0 radical (unpaired) electrons. The summed E-state index contributed by atoms with van der Waals surface area (Å²) >= 11 is 1.60. The van der Waals surface area contributed by atoms with Gasteiger partial charge in [0.2, 0.25) is 5.89 Å². The summed E-state index contributed by atoms with van der Waals surface area (Å²) in [5, 5.41) is 2.00. The van der Waals surface area contributed by atoms with Crippen LogP contribution in [0.3, 0.4) is 0 Å². The van der Waals surface area contributed by atoms with Crippen molar-refractivity contribution in [2.75, 3.05) is 20.2 Å². The molecule has 0 fully saturated rings. The van der Waals surface area contributed by atoms with Crippen LogP contribution in [0.2, 0.25) is 0 Å². The first-order chi connectivity index (χ1) is 10.1. The maximum absolute atomic E-state index is 11.5. The molecule has 2 aromatic heterocycles. The Morgan fingerprint density at radius 1 is 1.52 bits per heavy atom. The second kappa shape index (κ2) is 7.38. The quantitative estimate of drug-likeness (QED) is 0.736. The molecule has 0 aliphatic rings. The number of aromatic nitrogens is 1. The van der Waals surface area contributed by atoms with Gasteiger partial charge in [-0.3, -0.25) is 9.69 Å². The number of hydrogen-bond acceptors (Lipinski definition) is 6. The number of nitrogens with zero attached hydrogens (tertiary/aromatic N) is 2. The van der Waals surface area contributed by atoms with Crippen molar-refractivity contribution in [1.29, 1.82) is 0 Å². The van der Waals surface area contributed by atoms with E-state index in [-0.39, 0.29) is 12.5 Å². The van der Waals surface area contributed by atoms with Crippen molar-refractivity contribution >= 4 is 17.3 Å². The number of methoxy groups -OCH3 is 1. The Bertz CT molecular complexity index is 578. The molecule has 0 amide bonds. The Labute approximate surface area is 128 Å². The van der Waals surface area contributed by atoms with Gasteiger partial charge in [0, 0.05) is 6.54 Å². The van der Waals surface area contributed by atoms with Crippen LogP contribution >= 0.6 is 11.3 Å². The molecule has 2 rings (SSSR count). The molecule has 21 heavy (non-hydrogen) atoms. The third kappa shape index (κ3) is 4.15. The highest BCUT2D eigenvalue weighted by molar-refractivity contribution is 7.13. The molecule has 0 aliphatic carbocycles. The summed E-state index contributed by atoms with van der Waals surface area (Å²) in [5.41, 5.74) is 0.871. The molecule has 0 N–H and O–H groups in total. The molecule has 2 heterocycles. The zero-order valence-electron chi connectivity index (χ0n) is 12.6. The number of hydrogen-bond donors (Lipinski definition) is 0. The number of carbonyl (C=O) groups is 1. The zero-order valence-corrected chi connectivity index (χ0v) is 13.4. The molecule has 2 aromatic rings. The lowest BCUT2D eigenvalue weighted by Gasteiger charge is -2.18. The fourth-order valence-corrected chi connectivity index (χ4v) is 2.72. The molecular formula is C15H20N2O3S. The van der Waals surface area contributed by atoms with E-state index in [1.54, 1.807) is 11.3 Å². The van der Waals surface area contributed by atoms with E-state index in [0.29, 0.717) is 12.4 Å². The fraction of sp³-hybridized carbons (Fsp3) is 0.467. The first kappa shape index (κ1) is 15.7. The Morgan fingerprint density at radius 2 is 2.33 bits per heavy atom. The highest BCUT2D eigenvalue weighted by Crippen LogP contribution is 2.26. The molecule has 0 unspecified atom stereocenters. The van der Waals surface area contributed by atoms with Gasteiger partial charge in [0.05, 0.1) is 24.2 Å². The number of carbonyl (C=O) groups excluding carboxylic acids is 1. The maximum atomic E-state index is 11.5. The average Bonchev–Trinajstić information content (AvgIpc) is 3.09. The smallest absolute Gasteiger partial charge is 0.319 e. The minimum absolute atomic E-state index is 0.233. The number of esters is 1. The van der Waals surface area contributed by atoms with Gasteiger partial charge in [-0.15, -0.1) is 11.3 Å². The largest absolute Gasteiger partial charge is 0.468 e. The van der Waals surface area contributed by atoms with Gasteiger partial charge in [-0.05, 0) is 31.3 Å². The summed E-state index contributed by atoms with van der Waals surface area (Å²) < 4.78 is 10.5. The molecule has 0 saturated heterocycles. The SMILES string of the molecule is CCCN(CC(=O)OC)Cc1nc(-c2cccs2)oc1C. The Kier molecular flexibility index (Phi) is 5.52. The van der Waals surface area contributed by atoms with E-state index in [1.165, 1.54) is 7.11 Å². The van der Waals surface area contributed by atoms with Gasteiger partial charge >= 0.3 is 5.97 Å². The van der Waals surface area contributed by atoms with Crippen LogP contribution in [0.25, 0.3) is 10.8 Å². The second-order valence-corrected chi connectivity index (χ2v) is 5.73. The highest BCUT2D eigenvalue weighted by atomic mass is 32.1. The normalized spacial score (nSPS) is 11.0. The van der Waals surface area contributed by atoms with Crippen LogP contribution in [-0.4, -0.2) is 36.1 Å². The van der Waals surface area contributed by atoms with Crippen molar-refractivity contribution in [3.05, 3.63) is 29.0 Å². The summed E-state index contributed by atoms with van der Waals surface area (Å²) in [6.07, 6.45) is 0.964. The summed E-state index contributed by atoms with van der Waals surface area (Å²) in [7, 11) is 1.41. The lowest BCUT2D eigenvalue weighted by Crippen LogP contribution is -2.31. The predicted molar refractivity (Wildman–Crippen MR) is 82.1 cm³/mol. The predicted octanol–water partition coefficient (Wildman–Crippen LogP) is 3.10. The minimum Gasteiger partial charge on any atom is -0.468 e. The zero-order chi connectivity index (χ0) is 15.2. The maximum Gasteiger partial charge on any atom is 0.319 e. The summed E-state index contributed by atoms with van der Waals surface area (Å²) in [5.74, 6) is 1.21. The van der Waals surface area contributed by atoms with Crippen LogP contribution in [0.15, 0.2) is 21.9 Å². The van der Waals surface area contributed by atoms with E-state index in [2.05, 4.69) is 11.9 Å². The Morgan fingerprint density at radius 3 is 2.95 bits per heavy atom. The number of ether oxygens (including phenoxy) is 1. The molecule has 0 aliphatic heterocycles. The lowest BCUT2D eigenvalue weighted by atomic mass is 10.3. The van der Waals surface area contributed by atoms with Gasteiger partial charge in [-0.25, -0.2) is 4.98 Å². The fourth-order valence-electron chi connectivity index (χ4n) is 2.07. The molecule has 114 valence electrons. The van der Waals surface area contributed by atoms with E-state index in [0.717, 1.165) is 29.3 Å². The van der Waals surface area contributed by atoms with Crippen molar-refractivity contribution in [3.63, 3.8) is 0 Å². The number of oxazole rings is 1. The number of rotatable bonds is 7. The van der Waals surface area contributed by atoms with Crippen LogP contribution in [0.5, 0.6) is 0 Å². The van der Waals surface area contributed by atoms with Crippen molar-refractivity contribution < 1.29 is 13.9 Å². The molecule has 6 heteroatoms. The molecule has 0 spiro atoms. The van der Waals surface area contributed by atoms with Crippen LogP contribution in [0, 0.1) is 6.92 Å². The first-order valence-electron chi connectivity index (χ1n) is 6.93. The van der Waals surface area contributed by atoms with E-state index in [4.69, 9.17) is 9.15 Å². The summed E-state index contributed by atoms with van der Waals surface area (Å²) in [6.45, 7) is 5.66. The van der Waals surface area contributed by atoms with Crippen LogP contribution in [0.4, 0.5) is 0 Å². The van der Waals surface area contributed by atoms with E-state index >= 15 is 0 Å². The topological polar surface area (TPSA) is 55.6 Å². The van der Waals surface area contributed by atoms with Gasteiger partial charge in [0.1, 0.15) is 5.76 Å². The van der Waals surface area contributed by atoms with Crippen LogP contribution in [-0.2, 0) is 16.1 Å². The minimum atomic E-state index is -0.233. The van der Waals surface area contributed by atoms with Crippen molar-refractivity contribution in [2.24, 2.45) is 0 Å². The van der Waals surface area contributed by atoms with Gasteiger partial charge in [0.25, 0.3) is 0 Å². The summed E-state index contributed by atoms with van der Waals surface area (Å²) in [4.78, 5) is 19.1. The molecule has 0 bridgehead atoms. The second-order valence-electron chi connectivity index (χ2n) is 4.79. The van der Waals surface area contributed by atoms with Crippen molar-refractivity contribution in [2.45, 2.75) is 26.8 Å². The molecular weight excluding hydrogens is 288 g/mol. The molecule has 0 atom stereocenters. The number of thiophene rings is 1. The molecule has 0 aromatic carbocycles. The van der Waals surface area contributed by atoms with E-state index in [9.17, 15) is 4.79 Å².